The molecule has 0 saturated carbocycles. The zero-order chi connectivity index (χ0) is 12.1. The molecule has 5 heteroatoms. The molecular weight excluding hydrogens is 240 g/mol. The van der Waals surface area contributed by atoms with E-state index in [2.05, 4.69) is 4.90 Å². The van der Waals surface area contributed by atoms with Gasteiger partial charge < -0.3 is 15.2 Å². The van der Waals surface area contributed by atoms with Crippen molar-refractivity contribution < 1.29 is 9.47 Å². The normalized spacial score (nSPS) is 17.0. The molecule has 0 bridgehead atoms. The van der Waals surface area contributed by atoms with E-state index in [1.165, 1.54) is 0 Å². The predicted molar refractivity (Wildman–Crippen MR) is 68.6 cm³/mol. The van der Waals surface area contributed by atoms with E-state index < -0.39 is 0 Å². The SMILES string of the molecule is Nc1ccc(Cl)c(OCCN2CCOCC2)c1. The third kappa shape index (κ3) is 3.77. The molecule has 2 rings (SSSR count). The summed E-state index contributed by atoms with van der Waals surface area (Å²) in [5.74, 6) is 0.653. The minimum Gasteiger partial charge on any atom is -0.491 e. The molecule has 4 nitrogen and oxygen atoms in total. The van der Waals surface area contributed by atoms with Gasteiger partial charge in [-0.05, 0) is 12.1 Å². The highest BCUT2D eigenvalue weighted by Crippen LogP contribution is 2.26. The maximum Gasteiger partial charge on any atom is 0.140 e. The molecule has 2 N–H and O–H groups in total. The summed E-state index contributed by atoms with van der Waals surface area (Å²) in [5.41, 5.74) is 6.34. The molecule has 0 spiro atoms. The van der Waals surface area contributed by atoms with Crippen molar-refractivity contribution in [1.82, 2.24) is 4.90 Å². The van der Waals surface area contributed by atoms with Crippen LogP contribution >= 0.6 is 11.6 Å². The summed E-state index contributed by atoms with van der Waals surface area (Å²) in [6.45, 7) is 5.04. The van der Waals surface area contributed by atoms with Gasteiger partial charge >= 0.3 is 0 Å². The first-order valence-electron chi connectivity index (χ1n) is 5.73. The van der Waals surface area contributed by atoms with Crippen molar-refractivity contribution in [3.05, 3.63) is 23.2 Å². The van der Waals surface area contributed by atoms with E-state index in [0.29, 0.717) is 23.1 Å². The number of benzene rings is 1. The zero-order valence-corrected chi connectivity index (χ0v) is 10.4. The van der Waals surface area contributed by atoms with Crippen LogP contribution in [0.25, 0.3) is 0 Å². The van der Waals surface area contributed by atoms with Gasteiger partial charge in [0.2, 0.25) is 0 Å². The molecule has 0 atom stereocenters. The molecule has 94 valence electrons. The Hall–Kier alpha value is -0.970. The molecule has 1 saturated heterocycles. The first-order valence-corrected chi connectivity index (χ1v) is 6.11. The minimum absolute atomic E-state index is 0.598. The molecule has 1 heterocycles. The number of ether oxygens (including phenoxy) is 2. The van der Waals surface area contributed by atoms with Crippen LogP contribution in [0, 0.1) is 0 Å². The minimum atomic E-state index is 0.598. The topological polar surface area (TPSA) is 47.7 Å². The molecule has 0 amide bonds. The number of anilines is 1. The predicted octanol–water partition coefficient (Wildman–Crippen LogP) is 1.63. The lowest BCUT2D eigenvalue weighted by atomic mass is 10.3. The van der Waals surface area contributed by atoms with Crippen molar-refractivity contribution in [3.63, 3.8) is 0 Å². The Kier molecular flexibility index (Phi) is 4.48. The second-order valence-corrected chi connectivity index (χ2v) is 4.40. The highest BCUT2D eigenvalue weighted by atomic mass is 35.5. The summed E-state index contributed by atoms with van der Waals surface area (Å²) in [6.07, 6.45) is 0. The summed E-state index contributed by atoms with van der Waals surface area (Å²) in [4.78, 5) is 2.31. The number of hydrogen-bond donors (Lipinski definition) is 1. The lowest BCUT2D eigenvalue weighted by molar-refractivity contribution is 0.0322. The molecule has 0 aliphatic carbocycles. The van der Waals surface area contributed by atoms with E-state index in [1.54, 1.807) is 18.2 Å². The first kappa shape index (κ1) is 12.5. The first-order chi connectivity index (χ1) is 8.25. The second-order valence-electron chi connectivity index (χ2n) is 3.99. The molecule has 1 aromatic carbocycles. The van der Waals surface area contributed by atoms with Crippen molar-refractivity contribution in [2.45, 2.75) is 0 Å². The molecule has 1 aliphatic rings. The number of rotatable bonds is 4. The van der Waals surface area contributed by atoms with Crippen LogP contribution in [0.2, 0.25) is 5.02 Å². The standard InChI is InChI=1S/C12H17ClN2O2/c13-11-2-1-10(14)9-12(11)17-8-5-15-3-6-16-7-4-15/h1-2,9H,3-8,14H2. The van der Waals surface area contributed by atoms with Crippen LogP contribution < -0.4 is 10.5 Å². The van der Waals surface area contributed by atoms with Crippen molar-refractivity contribution in [3.8, 4) is 5.75 Å². The van der Waals surface area contributed by atoms with Crippen LogP contribution in [0.15, 0.2) is 18.2 Å². The average Bonchev–Trinajstić information content (AvgIpc) is 2.35. The maximum absolute atomic E-state index is 6.00. The van der Waals surface area contributed by atoms with Gasteiger partial charge in [-0.2, -0.15) is 0 Å². The number of hydrogen-bond acceptors (Lipinski definition) is 4. The van der Waals surface area contributed by atoms with E-state index in [1.807, 2.05) is 0 Å². The molecule has 0 aromatic heterocycles. The maximum atomic E-state index is 6.00. The third-order valence-electron chi connectivity index (χ3n) is 2.72. The van der Waals surface area contributed by atoms with Crippen LogP contribution in [-0.2, 0) is 4.74 Å². The van der Waals surface area contributed by atoms with Crippen LogP contribution in [0.4, 0.5) is 5.69 Å². The van der Waals surface area contributed by atoms with E-state index in [-0.39, 0.29) is 0 Å². The fourth-order valence-electron chi connectivity index (χ4n) is 1.74. The molecular formula is C12H17ClN2O2. The van der Waals surface area contributed by atoms with Crippen LogP contribution in [0.3, 0.4) is 0 Å². The van der Waals surface area contributed by atoms with Crippen LogP contribution in [-0.4, -0.2) is 44.4 Å². The van der Waals surface area contributed by atoms with Crippen molar-refractivity contribution >= 4 is 17.3 Å². The van der Waals surface area contributed by atoms with Crippen LogP contribution in [0.5, 0.6) is 5.75 Å². The van der Waals surface area contributed by atoms with Crippen molar-refractivity contribution in [2.75, 3.05) is 45.2 Å². The van der Waals surface area contributed by atoms with Gasteiger partial charge in [0.15, 0.2) is 0 Å². The summed E-state index contributed by atoms with van der Waals surface area (Å²) in [6, 6.07) is 5.26. The average molecular weight is 257 g/mol. The molecule has 1 aliphatic heterocycles. The Morgan fingerprint density at radius 3 is 2.88 bits per heavy atom. The van der Waals surface area contributed by atoms with E-state index in [9.17, 15) is 0 Å². The monoisotopic (exact) mass is 256 g/mol. The quantitative estimate of drug-likeness (QED) is 0.832. The van der Waals surface area contributed by atoms with Gasteiger partial charge in [0.25, 0.3) is 0 Å². The Labute approximate surface area is 106 Å². The molecule has 1 aromatic rings. The van der Waals surface area contributed by atoms with Gasteiger partial charge in [-0.3, -0.25) is 4.90 Å². The van der Waals surface area contributed by atoms with Gasteiger partial charge in [-0.25, -0.2) is 0 Å². The second kappa shape index (κ2) is 6.10. The third-order valence-corrected chi connectivity index (χ3v) is 3.04. The number of morpholine rings is 1. The Morgan fingerprint density at radius 2 is 2.12 bits per heavy atom. The van der Waals surface area contributed by atoms with Crippen molar-refractivity contribution in [1.29, 1.82) is 0 Å². The van der Waals surface area contributed by atoms with E-state index >= 15 is 0 Å². The number of nitrogens with zero attached hydrogens (tertiary/aromatic N) is 1. The molecule has 0 unspecified atom stereocenters. The van der Waals surface area contributed by atoms with Gasteiger partial charge in [0.05, 0.1) is 18.2 Å². The number of halogens is 1. The zero-order valence-electron chi connectivity index (χ0n) is 9.69. The molecule has 0 radical (unpaired) electrons. The number of nitrogens with two attached hydrogens (primary N) is 1. The molecule has 17 heavy (non-hydrogen) atoms. The molecule has 1 fully saturated rings. The fourth-order valence-corrected chi connectivity index (χ4v) is 1.91. The summed E-state index contributed by atoms with van der Waals surface area (Å²) in [7, 11) is 0. The highest BCUT2D eigenvalue weighted by Gasteiger charge is 2.10. The van der Waals surface area contributed by atoms with E-state index in [0.717, 1.165) is 32.8 Å². The van der Waals surface area contributed by atoms with E-state index in [4.69, 9.17) is 26.8 Å². The largest absolute Gasteiger partial charge is 0.491 e. The lowest BCUT2D eigenvalue weighted by Crippen LogP contribution is -2.38. The van der Waals surface area contributed by atoms with Crippen molar-refractivity contribution in [2.24, 2.45) is 0 Å². The summed E-state index contributed by atoms with van der Waals surface area (Å²) < 4.78 is 10.9. The fraction of sp³-hybridized carbons (Fsp3) is 0.500. The smallest absolute Gasteiger partial charge is 0.140 e. The van der Waals surface area contributed by atoms with Gasteiger partial charge in [-0.1, -0.05) is 11.6 Å². The summed E-state index contributed by atoms with van der Waals surface area (Å²) >= 11 is 6.00. The number of nitrogen functional groups attached to an aromatic ring is 1. The Bertz CT molecular complexity index is 368. The Balaban J connectivity index is 1.79. The van der Waals surface area contributed by atoms with Crippen LogP contribution in [0.1, 0.15) is 0 Å². The lowest BCUT2D eigenvalue weighted by Gasteiger charge is -2.26. The highest BCUT2D eigenvalue weighted by molar-refractivity contribution is 6.32. The van der Waals surface area contributed by atoms with Gasteiger partial charge in [0.1, 0.15) is 12.4 Å². The summed E-state index contributed by atoms with van der Waals surface area (Å²) in [5, 5.41) is 0.598. The van der Waals surface area contributed by atoms with Gasteiger partial charge in [0, 0.05) is 31.4 Å². The Morgan fingerprint density at radius 1 is 1.35 bits per heavy atom. The van der Waals surface area contributed by atoms with Gasteiger partial charge in [-0.15, -0.1) is 0 Å².